The first-order valence-electron chi connectivity index (χ1n) is 12.8. The van der Waals surface area contributed by atoms with Crippen molar-refractivity contribution in [2.24, 2.45) is 0 Å². The SMILES string of the molecule is CCN(C(=O)OC(C)(C)C)c1cc(F)cc2c1NC(=O)[C@@]2(C)N1CCC[C@@H](Oc2ccc(S(=O)(=O)F)cc2)C1. The van der Waals surface area contributed by atoms with Crippen LogP contribution in [0.5, 0.6) is 5.75 Å². The van der Waals surface area contributed by atoms with Gasteiger partial charge in [-0.1, -0.05) is 0 Å². The second kappa shape index (κ2) is 10.4. The van der Waals surface area contributed by atoms with E-state index in [2.05, 4.69) is 5.32 Å². The lowest BCUT2D eigenvalue weighted by Crippen LogP contribution is -2.54. The number of benzene rings is 2. The second-order valence-electron chi connectivity index (χ2n) is 10.8. The van der Waals surface area contributed by atoms with E-state index < -0.39 is 38.2 Å². The molecule has 0 saturated carbocycles. The van der Waals surface area contributed by atoms with Crippen molar-refractivity contribution in [3.05, 3.63) is 47.8 Å². The Kier molecular flexibility index (Phi) is 7.65. The summed E-state index contributed by atoms with van der Waals surface area (Å²) in [6.45, 7) is 9.71. The number of carbonyl (C=O) groups is 2. The molecule has 0 aromatic heterocycles. The molecule has 2 aliphatic heterocycles. The van der Waals surface area contributed by atoms with Crippen molar-refractivity contribution >= 4 is 33.6 Å². The number of fused-ring (bicyclic) bond motifs is 1. The Hall–Kier alpha value is -3.25. The van der Waals surface area contributed by atoms with Crippen molar-refractivity contribution in [3.8, 4) is 5.75 Å². The van der Waals surface area contributed by atoms with Crippen molar-refractivity contribution in [1.82, 2.24) is 4.90 Å². The molecule has 9 nitrogen and oxygen atoms in total. The fourth-order valence-corrected chi connectivity index (χ4v) is 5.48. The van der Waals surface area contributed by atoms with Gasteiger partial charge in [-0.3, -0.25) is 14.6 Å². The number of rotatable bonds is 6. The van der Waals surface area contributed by atoms with Crippen LogP contribution in [0.15, 0.2) is 41.3 Å². The first-order valence-corrected chi connectivity index (χ1v) is 14.1. The van der Waals surface area contributed by atoms with E-state index in [4.69, 9.17) is 9.47 Å². The molecular formula is C27H33F2N3O6S. The van der Waals surface area contributed by atoms with Gasteiger partial charge in [0.2, 0.25) is 5.91 Å². The van der Waals surface area contributed by atoms with Crippen LogP contribution < -0.4 is 15.0 Å². The molecule has 0 unspecified atom stereocenters. The Morgan fingerprint density at radius 3 is 2.49 bits per heavy atom. The van der Waals surface area contributed by atoms with Gasteiger partial charge >= 0.3 is 16.3 Å². The van der Waals surface area contributed by atoms with Crippen molar-refractivity contribution in [1.29, 1.82) is 0 Å². The van der Waals surface area contributed by atoms with Gasteiger partial charge in [-0.15, -0.1) is 3.89 Å². The van der Waals surface area contributed by atoms with Gasteiger partial charge in [0.25, 0.3) is 0 Å². The molecule has 2 atom stereocenters. The van der Waals surface area contributed by atoms with Crippen LogP contribution in [0.1, 0.15) is 53.0 Å². The van der Waals surface area contributed by atoms with Crippen LogP contribution in [0.2, 0.25) is 0 Å². The van der Waals surface area contributed by atoms with Crippen LogP contribution in [0, 0.1) is 5.82 Å². The van der Waals surface area contributed by atoms with Crippen LogP contribution in [0.25, 0.3) is 0 Å². The highest BCUT2D eigenvalue weighted by Gasteiger charge is 2.50. The molecule has 12 heteroatoms. The minimum Gasteiger partial charge on any atom is -0.489 e. The minimum atomic E-state index is -4.82. The minimum absolute atomic E-state index is 0.194. The molecule has 2 aromatic carbocycles. The summed E-state index contributed by atoms with van der Waals surface area (Å²) in [5.41, 5.74) is -1.03. The summed E-state index contributed by atoms with van der Waals surface area (Å²) in [5, 5.41) is 2.87. The summed E-state index contributed by atoms with van der Waals surface area (Å²) in [6, 6.07) is 7.52. The average molecular weight is 566 g/mol. The number of nitrogens with one attached hydrogen (secondary N) is 1. The number of carbonyl (C=O) groups excluding carboxylic acids is 2. The van der Waals surface area contributed by atoms with E-state index in [-0.39, 0.29) is 24.2 Å². The summed E-state index contributed by atoms with van der Waals surface area (Å²) in [7, 11) is -4.82. The maximum Gasteiger partial charge on any atom is 0.414 e. The maximum absolute atomic E-state index is 15.0. The van der Waals surface area contributed by atoms with Gasteiger partial charge in [0.15, 0.2) is 0 Å². The van der Waals surface area contributed by atoms with E-state index in [1.54, 1.807) is 34.6 Å². The normalized spacial score (nSPS) is 21.7. The number of amides is 2. The fraction of sp³-hybridized carbons (Fsp3) is 0.481. The van der Waals surface area contributed by atoms with E-state index in [0.717, 1.165) is 12.1 Å². The van der Waals surface area contributed by atoms with Gasteiger partial charge in [0.1, 0.15) is 28.8 Å². The summed E-state index contributed by atoms with van der Waals surface area (Å²) in [4.78, 5) is 29.2. The van der Waals surface area contributed by atoms with Crippen LogP contribution >= 0.6 is 0 Å². The molecule has 2 aliphatic rings. The molecule has 0 aliphatic carbocycles. The van der Waals surface area contributed by atoms with Crippen molar-refractivity contribution in [2.45, 2.75) is 69.6 Å². The Balaban J connectivity index is 1.62. The number of halogens is 2. The number of hydrogen-bond acceptors (Lipinski definition) is 7. The third-order valence-corrected chi connectivity index (χ3v) is 7.76. The lowest BCUT2D eigenvalue weighted by Gasteiger charge is -2.42. The zero-order chi connectivity index (χ0) is 28.8. The Bertz CT molecular complexity index is 1380. The van der Waals surface area contributed by atoms with Crippen LogP contribution in [0.3, 0.4) is 0 Å². The van der Waals surface area contributed by atoms with Crippen LogP contribution in [-0.2, 0) is 25.3 Å². The summed E-state index contributed by atoms with van der Waals surface area (Å²) >= 11 is 0. The largest absolute Gasteiger partial charge is 0.489 e. The third-order valence-electron chi connectivity index (χ3n) is 6.93. The van der Waals surface area contributed by atoms with E-state index in [1.165, 1.54) is 29.2 Å². The van der Waals surface area contributed by atoms with E-state index in [1.807, 2.05) is 4.90 Å². The number of ether oxygens (including phenoxy) is 2. The Labute approximate surface area is 227 Å². The van der Waals surface area contributed by atoms with Gasteiger partial charge in [-0.25, -0.2) is 9.18 Å². The highest BCUT2D eigenvalue weighted by Crippen LogP contribution is 2.47. The topological polar surface area (TPSA) is 105 Å². The quantitative estimate of drug-likeness (QED) is 0.494. The predicted molar refractivity (Wildman–Crippen MR) is 142 cm³/mol. The van der Waals surface area contributed by atoms with Gasteiger partial charge in [-0.05, 0) is 90.4 Å². The smallest absolute Gasteiger partial charge is 0.414 e. The number of piperidine rings is 1. The highest BCUT2D eigenvalue weighted by molar-refractivity contribution is 7.86. The summed E-state index contributed by atoms with van der Waals surface area (Å²) in [5.74, 6) is -0.594. The van der Waals surface area contributed by atoms with Gasteiger partial charge in [-0.2, -0.15) is 8.42 Å². The standard InChI is InChI=1S/C27H33F2N3O6S/c1-6-32(25(34)38-26(2,3)4)22-15-17(28)14-21-23(22)30-24(33)27(21,5)31-13-7-8-19(16-31)37-18-9-11-20(12-10-18)39(29,35)36/h9-12,14-15,19H,6-8,13,16H2,1-5H3,(H,30,33)/t19-,27+/m1/s1. The molecular weight excluding hydrogens is 532 g/mol. The van der Waals surface area contributed by atoms with Crippen molar-refractivity contribution < 1.29 is 35.8 Å². The lowest BCUT2D eigenvalue weighted by atomic mass is 9.88. The molecule has 2 amide bonds. The van der Waals surface area contributed by atoms with Gasteiger partial charge < -0.3 is 14.8 Å². The van der Waals surface area contributed by atoms with E-state index in [9.17, 15) is 21.9 Å². The molecule has 1 fully saturated rings. The maximum atomic E-state index is 15.0. The highest BCUT2D eigenvalue weighted by atomic mass is 32.3. The molecule has 4 rings (SSSR count). The second-order valence-corrected chi connectivity index (χ2v) is 12.2. The zero-order valence-corrected chi connectivity index (χ0v) is 23.4. The predicted octanol–water partition coefficient (Wildman–Crippen LogP) is 4.96. The van der Waals surface area contributed by atoms with Gasteiger partial charge in [0.05, 0.1) is 16.3 Å². The molecule has 0 radical (unpaired) electrons. The van der Waals surface area contributed by atoms with Crippen LogP contribution in [0.4, 0.5) is 24.4 Å². The van der Waals surface area contributed by atoms with Crippen molar-refractivity contribution in [2.75, 3.05) is 29.9 Å². The molecule has 2 heterocycles. The lowest BCUT2D eigenvalue weighted by molar-refractivity contribution is -0.128. The first kappa shape index (κ1) is 28.8. The monoisotopic (exact) mass is 565 g/mol. The number of nitrogens with zero attached hydrogens (tertiary/aromatic N) is 2. The van der Waals surface area contributed by atoms with Crippen molar-refractivity contribution in [3.63, 3.8) is 0 Å². The Morgan fingerprint density at radius 1 is 1.23 bits per heavy atom. The molecule has 1 saturated heterocycles. The first-order chi connectivity index (χ1) is 18.1. The number of hydrogen-bond donors (Lipinski definition) is 1. The van der Waals surface area contributed by atoms with E-state index in [0.29, 0.717) is 42.9 Å². The molecule has 0 bridgehead atoms. The zero-order valence-electron chi connectivity index (χ0n) is 22.6. The summed E-state index contributed by atoms with van der Waals surface area (Å²) in [6.07, 6.45) is 0.336. The molecule has 0 spiro atoms. The molecule has 212 valence electrons. The third kappa shape index (κ3) is 5.86. The fourth-order valence-electron chi connectivity index (χ4n) is 5.02. The molecule has 1 N–H and O–H groups in total. The Morgan fingerprint density at radius 2 is 1.90 bits per heavy atom. The number of anilines is 2. The average Bonchev–Trinajstić information content (AvgIpc) is 3.09. The van der Waals surface area contributed by atoms with Crippen LogP contribution in [-0.4, -0.2) is 56.7 Å². The van der Waals surface area contributed by atoms with Gasteiger partial charge in [0, 0.05) is 18.7 Å². The number of likely N-dealkylation sites (tertiary alicyclic amines) is 1. The summed E-state index contributed by atoms with van der Waals surface area (Å²) < 4.78 is 61.9. The van der Waals surface area contributed by atoms with E-state index >= 15 is 4.39 Å². The molecule has 2 aromatic rings. The molecule has 39 heavy (non-hydrogen) atoms.